The summed E-state index contributed by atoms with van der Waals surface area (Å²) in [5.74, 6) is 0.0625. The zero-order valence-corrected chi connectivity index (χ0v) is 9.12. The lowest BCUT2D eigenvalue weighted by molar-refractivity contribution is -0.136. The van der Waals surface area contributed by atoms with Gasteiger partial charge in [0.25, 0.3) is 0 Å². The van der Waals surface area contributed by atoms with Crippen molar-refractivity contribution < 1.29 is 9.90 Å². The number of hydrogen-bond acceptors (Lipinski definition) is 3. The Bertz CT molecular complexity index is 312. The fourth-order valence-corrected chi connectivity index (χ4v) is 1.88. The number of hydrogen-bond donors (Lipinski definition) is 1. The topological polar surface area (TPSA) is 55.1 Å². The Kier molecular flexibility index (Phi) is 4.00. The second kappa shape index (κ2) is 5.05. The van der Waals surface area contributed by atoms with Crippen LogP contribution in [0.5, 0.6) is 0 Å². The normalized spacial score (nSPS) is 12.7. The predicted molar refractivity (Wildman–Crippen MR) is 56.5 cm³/mol. The number of nitrogens with zero attached hydrogens (tertiary/aromatic N) is 2. The van der Waals surface area contributed by atoms with E-state index < -0.39 is 5.97 Å². The molecule has 0 fully saturated rings. The van der Waals surface area contributed by atoms with Gasteiger partial charge in [-0.15, -0.1) is 11.8 Å². The van der Waals surface area contributed by atoms with Gasteiger partial charge >= 0.3 is 5.97 Å². The van der Waals surface area contributed by atoms with Crippen LogP contribution in [0.3, 0.4) is 0 Å². The van der Waals surface area contributed by atoms with Gasteiger partial charge in [0.1, 0.15) is 0 Å². The molecule has 0 spiro atoms. The molecule has 0 aliphatic heterocycles. The molecule has 1 N–H and O–H groups in total. The number of aliphatic carboxylic acids is 1. The summed E-state index contributed by atoms with van der Waals surface area (Å²) < 4.78 is 1.81. The van der Waals surface area contributed by atoms with E-state index in [1.54, 1.807) is 13.1 Å². The number of aromatic nitrogens is 2. The van der Waals surface area contributed by atoms with Crippen molar-refractivity contribution in [2.24, 2.45) is 7.05 Å². The summed E-state index contributed by atoms with van der Waals surface area (Å²) in [6.45, 7) is 1.70. The van der Waals surface area contributed by atoms with Crippen molar-refractivity contribution >= 4 is 17.7 Å². The van der Waals surface area contributed by atoms with Gasteiger partial charge in [0.2, 0.25) is 0 Å². The van der Waals surface area contributed by atoms with E-state index in [1.807, 2.05) is 17.8 Å². The SMILES string of the molecule is CC(SCCc1ccnn1C)C(=O)O. The van der Waals surface area contributed by atoms with Crippen LogP contribution in [0.25, 0.3) is 0 Å². The quantitative estimate of drug-likeness (QED) is 0.799. The van der Waals surface area contributed by atoms with Gasteiger partial charge < -0.3 is 5.11 Å². The molecule has 0 aliphatic carbocycles. The second-order valence-electron chi connectivity index (χ2n) is 3.05. The summed E-state index contributed by atoms with van der Waals surface area (Å²) >= 11 is 1.45. The van der Waals surface area contributed by atoms with E-state index in [0.717, 1.165) is 17.9 Å². The molecule has 1 rings (SSSR count). The van der Waals surface area contributed by atoms with Crippen molar-refractivity contribution in [3.8, 4) is 0 Å². The van der Waals surface area contributed by atoms with Crippen molar-refractivity contribution in [1.29, 1.82) is 0 Å². The monoisotopic (exact) mass is 214 g/mol. The predicted octanol–water partition coefficient (Wildman–Crippen LogP) is 1.17. The Morgan fingerprint density at radius 1 is 1.79 bits per heavy atom. The maximum Gasteiger partial charge on any atom is 0.316 e. The Morgan fingerprint density at radius 3 is 3.00 bits per heavy atom. The van der Waals surface area contributed by atoms with Crippen molar-refractivity contribution in [2.75, 3.05) is 5.75 Å². The van der Waals surface area contributed by atoms with E-state index in [1.165, 1.54) is 11.8 Å². The van der Waals surface area contributed by atoms with Crippen molar-refractivity contribution in [3.05, 3.63) is 18.0 Å². The molecule has 1 aromatic rings. The Hall–Kier alpha value is -0.970. The zero-order chi connectivity index (χ0) is 10.6. The molecule has 1 unspecified atom stereocenters. The molecule has 4 nitrogen and oxygen atoms in total. The van der Waals surface area contributed by atoms with Crippen LogP contribution in [0.4, 0.5) is 0 Å². The Morgan fingerprint density at radius 2 is 2.50 bits per heavy atom. The number of carboxylic acid groups (broad SMARTS) is 1. The first-order valence-electron chi connectivity index (χ1n) is 4.42. The van der Waals surface area contributed by atoms with Crippen molar-refractivity contribution in [1.82, 2.24) is 9.78 Å². The van der Waals surface area contributed by atoms with Gasteiger partial charge in [-0.25, -0.2) is 0 Å². The van der Waals surface area contributed by atoms with E-state index in [4.69, 9.17) is 5.11 Å². The molecule has 0 saturated carbocycles. The Labute approximate surface area is 87.3 Å². The van der Waals surface area contributed by atoms with Crippen LogP contribution in [-0.2, 0) is 18.3 Å². The van der Waals surface area contributed by atoms with E-state index in [2.05, 4.69) is 5.10 Å². The number of aryl methyl sites for hydroxylation is 2. The molecule has 1 aromatic heterocycles. The number of thioether (sulfide) groups is 1. The van der Waals surface area contributed by atoms with Gasteiger partial charge in [0.05, 0.1) is 5.25 Å². The van der Waals surface area contributed by atoms with Crippen molar-refractivity contribution in [3.63, 3.8) is 0 Å². The van der Waals surface area contributed by atoms with Crippen LogP contribution in [-0.4, -0.2) is 31.9 Å². The van der Waals surface area contributed by atoms with E-state index >= 15 is 0 Å². The minimum Gasteiger partial charge on any atom is -0.480 e. The number of carboxylic acids is 1. The fraction of sp³-hybridized carbons (Fsp3) is 0.556. The van der Waals surface area contributed by atoms with Crippen LogP contribution in [0.2, 0.25) is 0 Å². The molecular formula is C9H14N2O2S. The Balaban J connectivity index is 2.29. The summed E-state index contributed by atoms with van der Waals surface area (Å²) in [5.41, 5.74) is 1.13. The van der Waals surface area contributed by atoms with E-state index in [0.29, 0.717) is 0 Å². The highest BCUT2D eigenvalue weighted by atomic mass is 32.2. The van der Waals surface area contributed by atoms with Crippen LogP contribution < -0.4 is 0 Å². The molecule has 0 saturated heterocycles. The first-order chi connectivity index (χ1) is 6.61. The van der Waals surface area contributed by atoms with Gasteiger partial charge in [0.15, 0.2) is 0 Å². The lowest BCUT2D eigenvalue weighted by Gasteiger charge is -2.05. The molecule has 0 aromatic carbocycles. The zero-order valence-electron chi connectivity index (χ0n) is 8.30. The van der Waals surface area contributed by atoms with Gasteiger partial charge in [-0.2, -0.15) is 5.10 Å². The third-order valence-electron chi connectivity index (χ3n) is 2.00. The molecule has 1 atom stereocenters. The molecule has 0 radical (unpaired) electrons. The molecule has 1 heterocycles. The van der Waals surface area contributed by atoms with Gasteiger partial charge in [-0.05, 0) is 25.2 Å². The average Bonchev–Trinajstić information content (AvgIpc) is 2.51. The third-order valence-corrected chi connectivity index (χ3v) is 3.14. The fourth-order valence-electron chi connectivity index (χ4n) is 1.06. The highest BCUT2D eigenvalue weighted by Crippen LogP contribution is 2.12. The summed E-state index contributed by atoms with van der Waals surface area (Å²) in [7, 11) is 1.89. The highest BCUT2D eigenvalue weighted by Gasteiger charge is 2.10. The maximum absolute atomic E-state index is 10.5. The largest absolute Gasteiger partial charge is 0.480 e. The summed E-state index contributed by atoms with van der Waals surface area (Å²) in [4.78, 5) is 10.5. The number of rotatable bonds is 5. The van der Waals surface area contributed by atoms with Crippen LogP contribution in [0.15, 0.2) is 12.3 Å². The molecular weight excluding hydrogens is 200 g/mol. The molecule has 0 aliphatic rings. The summed E-state index contributed by atoms with van der Waals surface area (Å²) in [6.07, 6.45) is 2.61. The number of carbonyl (C=O) groups is 1. The average molecular weight is 214 g/mol. The summed E-state index contributed by atoms with van der Waals surface area (Å²) in [5, 5.41) is 12.4. The molecule has 0 amide bonds. The van der Waals surface area contributed by atoms with Gasteiger partial charge in [-0.1, -0.05) is 0 Å². The first-order valence-corrected chi connectivity index (χ1v) is 5.47. The molecule has 78 valence electrons. The second-order valence-corrected chi connectivity index (χ2v) is 4.50. The van der Waals surface area contributed by atoms with Crippen LogP contribution in [0, 0.1) is 0 Å². The van der Waals surface area contributed by atoms with Crippen molar-refractivity contribution in [2.45, 2.75) is 18.6 Å². The molecule has 5 heteroatoms. The van der Waals surface area contributed by atoms with Crippen LogP contribution >= 0.6 is 11.8 Å². The highest BCUT2D eigenvalue weighted by molar-refractivity contribution is 8.00. The van der Waals surface area contributed by atoms with Gasteiger partial charge in [-0.3, -0.25) is 9.48 Å². The lowest BCUT2D eigenvalue weighted by Crippen LogP contribution is -2.12. The maximum atomic E-state index is 10.5. The standard InChI is InChI=1S/C9H14N2O2S/c1-7(9(12)13)14-6-4-8-3-5-10-11(8)2/h3,5,7H,4,6H2,1-2H3,(H,12,13). The van der Waals surface area contributed by atoms with Gasteiger partial charge in [0, 0.05) is 18.9 Å². The summed E-state index contributed by atoms with van der Waals surface area (Å²) in [6, 6.07) is 1.95. The third kappa shape index (κ3) is 3.06. The van der Waals surface area contributed by atoms with Crippen LogP contribution in [0.1, 0.15) is 12.6 Å². The first kappa shape index (κ1) is 11.1. The molecule has 0 bridgehead atoms. The van der Waals surface area contributed by atoms with E-state index in [-0.39, 0.29) is 5.25 Å². The smallest absolute Gasteiger partial charge is 0.316 e. The minimum absolute atomic E-state index is 0.330. The lowest BCUT2D eigenvalue weighted by atomic mass is 10.3. The van der Waals surface area contributed by atoms with E-state index in [9.17, 15) is 4.79 Å². The molecule has 14 heavy (non-hydrogen) atoms. The minimum atomic E-state index is -0.750.